The van der Waals surface area contributed by atoms with Crippen molar-refractivity contribution in [1.29, 1.82) is 0 Å². The third-order valence-corrected chi connectivity index (χ3v) is 5.54. The zero-order chi connectivity index (χ0) is 21.1. The van der Waals surface area contributed by atoms with Gasteiger partial charge in [-0.05, 0) is 36.9 Å². The Hall–Kier alpha value is -2.20. The fraction of sp³-hybridized carbons (Fsp3) is 0.235. The predicted molar refractivity (Wildman–Crippen MR) is 108 cm³/mol. The van der Waals surface area contributed by atoms with Crippen LogP contribution in [0.3, 0.4) is 0 Å². The highest BCUT2D eigenvalue weighted by molar-refractivity contribution is 7.90. The van der Waals surface area contributed by atoms with E-state index in [2.05, 4.69) is 5.32 Å². The number of carbonyl (C=O) groups excluding carboxylic acids is 1. The van der Waals surface area contributed by atoms with Gasteiger partial charge in [0.2, 0.25) is 5.91 Å². The molecule has 1 N–H and O–H groups in total. The lowest BCUT2D eigenvalue weighted by molar-refractivity contribution is -0.384. The Bertz CT molecular complexity index is 1030. The number of likely N-dealkylation sites (N-methyl/N-ethyl adjacent to an activating group) is 1. The summed E-state index contributed by atoms with van der Waals surface area (Å²) in [5, 5.41) is 14.0. The summed E-state index contributed by atoms with van der Waals surface area (Å²) in [6, 6.07) is 8.11. The van der Waals surface area contributed by atoms with Gasteiger partial charge in [-0.3, -0.25) is 19.8 Å². The Morgan fingerprint density at radius 2 is 1.82 bits per heavy atom. The molecular formula is C17H17Cl2N3O5S. The highest BCUT2D eigenvalue weighted by Gasteiger charge is 2.15. The van der Waals surface area contributed by atoms with Gasteiger partial charge in [0.15, 0.2) is 9.84 Å². The van der Waals surface area contributed by atoms with Crippen LogP contribution in [-0.4, -0.2) is 44.0 Å². The molecule has 0 radical (unpaired) electrons. The van der Waals surface area contributed by atoms with Crippen molar-refractivity contribution in [2.45, 2.75) is 11.4 Å². The summed E-state index contributed by atoms with van der Waals surface area (Å²) in [6.07, 6.45) is 1.05. The van der Waals surface area contributed by atoms with Crippen LogP contribution in [0, 0.1) is 10.1 Å². The molecule has 11 heteroatoms. The van der Waals surface area contributed by atoms with Crippen molar-refractivity contribution in [3.05, 3.63) is 62.1 Å². The van der Waals surface area contributed by atoms with E-state index < -0.39 is 20.7 Å². The van der Waals surface area contributed by atoms with E-state index in [4.69, 9.17) is 23.2 Å². The van der Waals surface area contributed by atoms with Crippen LogP contribution >= 0.6 is 23.2 Å². The van der Waals surface area contributed by atoms with Gasteiger partial charge in [-0.15, -0.1) is 0 Å². The largest absolute Gasteiger partial charge is 0.324 e. The predicted octanol–water partition coefficient (Wildman–Crippen LogP) is 3.38. The number of non-ortho nitro benzene ring substituents is 1. The number of hydrogen-bond donors (Lipinski definition) is 1. The number of rotatable bonds is 7. The van der Waals surface area contributed by atoms with Crippen LogP contribution in [0.25, 0.3) is 0 Å². The Balaban J connectivity index is 2.08. The minimum absolute atomic E-state index is 0.0314. The van der Waals surface area contributed by atoms with E-state index in [0.717, 1.165) is 6.26 Å². The fourth-order valence-electron chi connectivity index (χ4n) is 2.41. The molecule has 0 spiro atoms. The number of hydrogen-bond acceptors (Lipinski definition) is 6. The molecule has 0 fully saturated rings. The number of halogens is 2. The zero-order valence-electron chi connectivity index (χ0n) is 15.0. The highest BCUT2D eigenvalue weighted by Crippen LogP contribution is 2.26. The van der Waals surface area contributed by atoms with Gasteiger partial charge in [-0.2, -0.15) is 0 Å². The first-order valence-electron chi connectivity index (χ1n) is 7.88. The molecule has 28 heavy (non-hydrogen) atoms. The minimum atomic E-state index is -3.45. The SMILES string of the molecule is CN(CC(=O)Nc1cc(S(C)(=O)=O)ccc1Cl)Cc1cc([N+](=O)[O-])ccc1Cl. The molecule has 2 aromatic carbocycles. The van der Waals surface area contributed by atoms with Gasteiger partial charge in [0.25, 0.3) is 5.69 Å². The van der Waals surface area contributed by atoms with Gasteiger partial charge in [-0.25, -0.2) is 8.42 Å². The van der Waals surface area contributed by atoms with Crippen LogP contribution in [0.1, 0.15) is 5.56 Å². The molecule has 0 unspecified atom stereocenters. The summed E-state index contributed by atoms with van der Waals surface area (Å²) in [5.74, 6) is -0.434. The number of carbonyl (C=O) groups is 1. The number of nitrogens with one attached hydrogen (secondary N) is 1. The molecule has 0 aliphatic carbocycles. The Morgan fingerprint density at radius 3 is 2.43 bits per heavy atom. The maximum absolute atomic E-state index is 12.3. The molecule has 0 saturated carbocycles. The smallest absolute Gasteiger partial charge is 0.269 e. The van der Waals surface area contributed by atoms with Crippen LogP contribution in [0.4, 0.5) is 11.4 Å². The average Bonchev–Trinajstić information content (AvgIpc) is 2.57. The maximum Gasteiger partial charge on any atom is 0.269 e. The molecule has 0 saturated heterocycles. The van der Waals surface area contributed by atoms with E-state index in [-0.39, 0.29) is 34.4 Å². The number of amides is 1. The summed E-state index contributed by atoms with van der Waals surface area (Å²) >= 11 is 12.1. The normalized spacial score (nSPS) is 11.5. The van der Waals surface area contributed by atoms with Gasteiger partial charge in [0.1, 0.15) is 0 Å². The van der Waals surface area contributed by atoms with Gasteiger partial charge < -0.3 is 5.32 Å². The molecule has 0 aromatic heterocycles. The number of benzene rings is 2. The number of nitrogens with zero attached hydrogens (tertiary/aromatic N) is 2. The lowest BCUT2D eigenvalue weighted by atomic mass is 10.2. The topological polar surface area (TPSA) is 110 Å². The standard InChI is InChI=1S/C17H17Cl2N3O5S/c1-21(9-11-7-12(22(24)25)3-5-14(11)18)10-17(23)20-16-8-13(28(2,26)27)4-6-15(16)19/h3-8H,9-10H2,1-2H3,(H,20,23). The van der Waals surface area contributed by atoms with Crippen molar-refractivity contribution in [2.24, 2.45) is 0 Å². The summed E-state index contributed by atoms with van der Waals surface area (Å²) < 4.78 is 23.3. The summed E-state index contributed by atoms with van der Waals surface area (Å²) in [5.41, 5.74) is 0.585. The molecule has 0 aliphatic heterocycles. The molecule has 0 heterocycles. The van der Waals surface area contributed by atoms with Crippen molar-refractivity contribution in [3.63, 3.8) is 0 Å². The van der Waals surface area contributed by atoms with Crippen LogP contribution in [0.5, 0.6) is 0 Å². The highest BCUT2D eigenvalue weighted by atomic mass is 35.5. The molecule has 2 rings (SSSR count). The van der Waals surface area contributed by atoms with Crippen molar-refractivity contribution < 1.29 is 18.1 Å². The van der Waals surface area contributed by atoms with Gasteiger partial charge >= 0.3 is 0 Å². The third kappa shape index (κ3) is 5.90. The van der Waals surface area contributed by atoms with Gasteiger partial charge in [0.05, 0.1) is 27.1 Å². The summed E-state index contributed by atoms with van der Waals surface area (Å²) in [7, 11) is -1.81. The number of anilines is 1. The van der Waals surface area contributed by atoms with E-state index in [1.54, 1.807) is 11.9 Å². The molecule has 0 atom stereocenters. The summed E-state index contributed by atoms with van der Waals surface area (Å²) in [4.78, 5) is 24.3. The van der Waals surface area contributed by atoms with Crippen molar-refractivity contribution >= 4 is 50.3 Å². The number of nitro benzene ring substituents is 1. The zero-order valence-corrected chi connectivity index (χ0v) is 17.3. The van der Waals surface area contributed by atoms with Crippen LogP contribution < -0.4 is 5.32 Å². The van der Waals surface area contributed by atoms with E-state index in [0.29, 0.717) is 10.6 Å². The first-order chi connectivity index (χ1) is 13.0. The molecule has 2 aromatic rings. The van der Waals surface area contributed by atoms with Crippen molar-refractivity contribution in [2.75, 3.05) is 25.2 Å². The molecule has 1 amide bonds. The molecular weight excluding hydrogens is 429 g/mol. The van der Waals surface area contributed by atoms with Crippen molar-refractivity contribution in [3.8, 4) is 0 Å². The molecule has 0 bridgehead atoms. The Labute approximate surface area is 172 Å². The molecule has 0 aliphatic rings. The third-order valence-electron chi connectivity index (χ3n) is 3.73. The van der Waals surface area contributed by atoms with Gasteiger partial charge in [-0.1, -0.05) is 23.2 Å². The Morgan fingerprint density at radius 1 is 1.18 bits per heavy atom. The number of sulfone groups is 1. The first-order valence-corrected chi connectivity index (χ1v) is 10.5. The monoisotopic (exact) mass is 445 g/mol. The van der Waals surface area contributed by atoms with Crippen LogP contribution in [-0.2, 0) is 21.2 Å². The van der Waals surface area contributed by atoms with E-state index >= 15 is 0 Å². The lowest BCUT2D eigenvalue weighted by Crippen LogP contribution is -2.30. The van der Waals surface area contributed by atoms with E-state index in [1.807, 2.05) is 0 Å². The maximum atomic E-state index is 12.3. The molecule has 8 nitrogen and oxygen atoms in total. The van der Waals surface area contributed by atoms with E-state index in [9.17, 15) is 23.3 Å². The van der Waals surface area contributed by atoms with Crippen molar-refractivity contribution in [1.82, 2.24) is 4.90 Å². The average molecular weight is 446 g/mol. The quantitative estimate of drug-likeness (QED) is 0.516. The second-order valence-electron chi connectivity index (χ2n) is 6.17. The molecule has 150 valence electrons. The minimum Gasteiger partial charge on any atom is -0.324 e. The van der Waals surface area contributed by atoms with E-state index in [1.165, 1.54) is 36.4 Å². The lowest BCUT2D eigenvalue weighted by Gasteiger charge is -2.17. The van der Waals surface area contributed by atoms with Crippen LogP contribution in [0.2, 0.25) is 10.0 Å². The van der Waals surface area contributed by atoms with Crippen LogP contribution in [0.15, 0.2) is 41.3 Å². The number of nitro groups is 1. The second kappa shape index (κ2) is 8.87. The second-order valence-corrected chi connectivity index (χ2v) is 9.00. The fourth-order valence-corrected chi connectivity index (χ4v) is 3.40. The first kappa shape index (κ1) is 22.1. The summed E-state index contributed by atoms with van der Waals surface area (Å²) in [6.45, 7) is 0.128. The van der Waals surface area contributed by atoms with Gasteiger partial charge in [0, 0.05) is 30.0 Å². The Kier molecular flexibility index (Phi) is 7.00.